The van der Waals surface area contributed by atoms with E-state index in [1.165, 1.54) is 22.9 Å². The second kappa shape index (κ2) is 5.07. The van der Waals surface area contributed by atoms with Gasteiger partial charge in [-0.25, -0.2) is 9.07 Å². The fourth-order valence-corrected chi connectivity index (χ4v) is 2.08. The van der Waals surface area contributed by atoms with Crippen LogP contribution in [-0.2, 0) is 13.7 Å². The van der Waals surface area contributed by atoms with E-state index in [2.05, 4.69) is 21.0 Å². The van der Waals surface area contributed by atoms with Crippen molar-refractivity contribution >= 4 is 15.9 Å². The fourth-order valence-electron chi connectivity index (χ4n) is 1.65. The second-order valence-electron chi connectivity index (χ2n) is 3.83. The minimum absolute atomic E-state index is 0.159. The summed E-state index contributed by atoms with van der Waals surface area (Å²) >= 11 is 3.23. The first kappa shape index (κ1) is 13.0. The number of ether oxygens (including phenoxy) is 1. The minimum Gasteiger partial charge on any atom is -0.438 e. The van der Waals surface area contributed by atoms with Crippen molar-refractivity contribution in [2.45, 2.75) is 13.5 Å². The molecule has 1 N–H and O–H groups in total. The van der Waals surface area contributed by atoms with Crippen LogP contribution in [0.25, 0.3) is 0 Å². The molecule has 0 bridgehead atoms. The summed E-state index contributed by atoms with van der Waals surface area (Å²) in [5, 5.41) is 13.5. The number of rotatable bonds is 3. The Bertz CT molecular complexity index is 584. The van der Waals surface area contributed by atoms with Crippen molar-refractivity contribution in [2.24, 2.45) is 7.05 Å². The van der Waals surface area contributed by atoms with Gasteiger partial charge >= 0.3 is 0 Å². The summed E-state index contributed by atoms with van der Waals surface area (Å²) in [6.07, 6.45) is 0. The van der Waals surface area contributed by atoms with E-state index in [1.54, 1.807) is 14.0 Å². The van der Waals surface area contributed by atoms with Crippen LogP contribution in [0.2, 0.25) is 0 Å². The first-order valence-corrected chi connectivity index (χ1v) is 6.08. The molecular weight excluding hydrogens is 303 g/mol. The first-order chi connectivity index (χ1) is 8.52. The number of aliphatic hydroxyl groups is 1. The van der Waals surface area contributed by atoms with Crippen molar-refractivity contribution in [1.82, 2.24) is 9.78 Å². The van der Waals surface area contributed by atoms with E-state index in [4.69, 9.17) is 4.74 Å². The van der Waals surface area contributed by atoms with Crippen LogP contribution in [0.1, 0.15) is 11.3 Å². The lowest BCUT2D eigenvalue weighted by atomic mass is 10.2. The van der Waals surface area contributed by atoms with Gasteiger partial charge in [0.15, 0.2) is 0 Å². The highest BCUT2D eigenvalue weighted by Gasteiger charge is 2.15. The van der Waals surface area contributed by atoms with E-state index >= 15 is 0 Å². The molecule has 0 amide bonds. The quantitative estimate of drug-likeness (QED) is 0.947. The van der Waals surface area contributed by atoms with Crippen molar-refractivity contribution in [3.63, 3.8) is 0 Å². The van der Waals surface area contributed by atoms with Gasteiger partial charge in [-0.2, -0.15) is 5.10 Å². The van der Waals surface area contributed by atoms with E-state index in [0.29, 0.717) is 27.4 Å². The van der Waals surface area contributed by atoms with E-state index in [-0.39, 0.29) is 12.4 Å². The van der Waals surface area contributed by atoms with E-state index < -0.39 is 0 Å². The van der Waals surface area contributed by atoms with Gasteiger partial charge in [-0.1, -0.05) is 0 Å². The molecule has 0 atom stereocenters. The van der Waals surface area contributed by atoms with Crippen LogP contribution in [0.5, 0.6) is 11.6 Å². The molecule has 18 heavy (non-hydrogen) atoms. The van der Waals surface area contributed by atoms with Crippen LogP contribution in [-0.4, -0.2) is 14.9 Å². The van der Waals surface area contributed by atoms with E-state index in [0.717, 1.165) is 0 Å². The molecule has 0 spiro atoms. The van der Waals surface area contributed by atoms with Crippen molar-refractivity contribution < 1.29 is 14.2 Å². The molecule has 1 aromatic carbocycles. The van der Waals surface area contributed by atoms with Gasteiger partial charge < -0.3 is 9.84 Å². The van der Waals surface area contributed by atoms with Crippen molar-refractivity contribution in [2.75, 3.05) is 0 Å². The molecule has 0 saturated heterocycles. The maximum Gasteiger partial charge on any atom is 0.223 e. The lowest BCUT2D eigenvalue weighted by molar-refractivity contribution is 0.274. The van der Waals surface area contributed by atoms with Gasteiger partial charge in [-0.05, 0) is 41.1 Å². The van der Waals surface area contributed by atoms with E-state index in [9.17, 15) is 9.50 Å². The predicted molar refractivity (Wildman–Crippen MR) is 68.0 cm³/mol. The molecule has 4 nitrogen and oxygen atoms in total. The molecule has 96 valence electrons. The van der Waals surface area contributed by atoms with Crippen molar-refractivity contribution in [3.8, 4) is 11.6 Å². The zero-order valence-corrected chi connectivity index (χ0v) is 11.5. The molecule has 1 aromatic heterocycles. The smallest absolute Gasteiger partial charge is 0.223 e. The minimum atomic E-state index is -0.349. The van der Waals surface area contributed by atoms with Gasteiger partial charge in [0.1, 0.15) is 11.6 Å². The Morgan fingerprint density at radius 3 is 2.83 bits per heavy atom. The maximum atomic E-state index is 13.0. The monoisotopic (exact) mass is 314 g/mol. The summed E-state index contributed by atoms with van der Waals surface area (Å²) in [6.45, 7) is 1.63. The molecule has 0 fully saturated rings. The number of benzene rings is 1. The molecule has 0 aliphatic carbocycles. The number of aryl methyl sites for hydroxylation is 2. The lowest BCUT2D eigenvalue weighted by Gasteiger charge is -2.09. The average molecular weight is 315 g/mol. The Morgan fingerprint density at radius 2 is 2.22 bits per heavy atom. The van der Waals surface area contributed by atoms with Gasteiger partial charge in [0.25, 0.3) is 0 Å². The molecule has 2 rings (SSSR count). The number of hydrogen-bond donors (Lipinski definition) is 1. The van der Waals surface area contributed by atoms with Crippen molar-refractivity contribution in [1.29, 1.82) is 0 Å². The topological polar surface area (TPSA) is 47.3 Å². The highest BCUT2D eigenvalue weighted by molar-refractivity contribution is 9.10. The van der Waals surface area contributed by atoms with Crippen LogP contribution in [0.4, 0.5) is 4.39 Å². The summed E-state index contributed by atoms with van der Waals surface area (Å²) in [5.74, 6) is 0.564. The third-order valence-corrected chi connectivity index (χ3v) is 3.17. The molecule has 6 heteroatoms. The first-order valence-electron chi connectivity index (χ1n) is 5.29. The Kier molecular flexibility index (Phi) is 3.68. The van der Waals surface area contributed by atoms with Crippen LogP contribution >= 0.6 is 15.9 Å². The lowest BCUT2D eigenvalue weighted by Crippen LogP contribution is -1.97. The maximum absolute atomic E-state index is 13.0. The van der Waals surface area contributed by atoms with Crippen LogP contribution < -0.4 is 4.74 Å². The molecule has 1 heterocycles. The number of aromatic nitrogens is 2. The van der Waals surface area contributed by atoms with Crippen molar-refractivity contribution in [3.05, 3.63) is 39.7 Å². The molecule has 2 aromatic rings. The van der Waals surface area contributed by atoms with Gasteiger partial charge in [0, 0.05) is 7.05 Å². The Morgan fingerprint density at radius 1 is 1.50 bits per heavy atom. The Labute approximate surface area is 112 Å². The SMILES string of the molecule is Cc1nn(C)c(Oc2ccc(F)cc2Br)c1CO. The summed E-state index contributed by atoms with van der Waals surface area (Å²) < 4.78 is 20.7. The van der Waals surface area contributed by atoms with E-state index in [1.807, 2.05) is 0 Å². The largest absolute Gasteiger partial charge is 0.438 e. The number of hydrogen-bond acceptors (Lipinski definition) is 3. The zero-order valence-electron chi connectivity index (χ0n) is 9.94. The molecule has 0 saturated carbocycles. The molecule has 0 radical (unpaired) electrons. The second-order valence-corrected chi connectivity index (χ2v) is 4.68. The zero-order chi connectivity index (χ0) is 13.3. The normalized spacial score (nSPS) is 10.7. The number of halogens is 2. The summed E-state index contributed by atoms with van der Waals surface area (Å²) in [7, 11) is 1.72. The summed E-state index contributed by atoms with van der Waals surface area (Å²) in [5.41, 5.74) is 1.32. The highest BCUT2D eigenvalue weighted by Crippen LogP contribution is 2.32. The van der Waals surface area contributed by atoms with Gasteiger partial charge in [0.2, 0.25) is 5.88 Å². The molecule has 0 unspecified atom stereocenters. The third-order valence-electron chi connectivity index (χ3n) is 2.55. The standard InChI is InChI=1S/C12H12BrFN2O2/c1-7-9(6-17)12(16(2)15-7)18-11-4-3-8(14)5-10(11)13/h3-5,17H,6H2,1-2H3. The number of aliphatic hydroxyl groups excluding tert-OH is 1. The molecule has 0 aliphatic rings. The molecule has 0 aliphatic heterocycles. The third kappa shape index (κ3) is 2.39. The average Bonchev–Trinajstić information content (AvgIpc) is 2.57. The van der Waals surface area contributed by atoms with Crippen LogP contribution in [0.15, 0.2) is 22.7 Å². The van der Waals surface area contributed by atoms with Gasteiger partial charge in [0.05, 0.1) is 22.3 Å². The summed E-state index contributed by atoms with van der Waals surface area (Å²) in [6, 6.07) is 4.14. The van der Waals surface area contributed by atoms with Crippen LogP contribution in [0.3, 0.4) is 0 Å². The van der Waals surface area contributed by atoms with Crippen LogP contribution in [0, 0.1) is 12.7 Å². The predicted octanol–water partition coefficient (Wildman–Crippen LogP) is 2.91. The number of nitrogens with zero attached hydrogens (tertiary/aromatic N) is 2. The summed E-state index contributed by atoms with van der Waals surface area (Å²) in [4.78, 5) is 0. The Balaban J connectivity index is 2.39. The Hall–Kier alpha value is -1.40. The molecular formula is C12H12BrFN2O2. The highest BCUT2D eigenvalue weighted by atomic mass is 79.9. The fraction of sp³-hybridized carbons (Fsp3) is 0.250. The van der Waals surface area contributed by atoms with Gasteiger partial charge in [-0.15, -0.1) is 0 Å². The van der Waals surface area contributed by atoms with Gasteiger partial charge in [-0.3, -0.25) is 0 Å².